The molecule has 1 unspecified atom stereocenters. The first-order valence-corrected chi connectivity index (χ1v) is 5.32. The molecular weight excluding hydrogens is 188 g/mol. The average Bonchev–Trinajstić information content (AvgIpc) is 2.20. The van der Waals surface area contributed by atoms with Gasteiger partial charge < -0.3 is 9.47 Å². The highest BCUT2D eigenvalue weighted by molar-refractivity contribution is 5.37. The highest BCUT2D eigenvalue weighted by Crippen LogP contribution is 2.24. The quantitative estimate of drug-likeness (QED) is 0.707. The van der Waals surface area contributed by atoms with E-state index in [-0.39, 0.29) is 6.29 Å². The summed E-state index contributed by atoms with van der Waals surface area (Å²) in [7, 11) is 1.68. The highest BCUT2D eigenvalue weighted by atomic mass is 16.7. The Balaban J connectivity index is 3.06. The molecule has 2 heteroatoms. The summed E-state index contributed by atoms with van der Waals surface area (Å²) < 4.78 is 10.9. The summed E-state index contributed by atoms with van der Waals surface area (Å²) in [6.45, 7) is 8.95. The Hall–Kier alpha value is -0.860. The van der Waals surface area contributed by atoms with Crippen molar-refractivity contribution in [2.75, 3.05) is 13.7 Å². The van der Waals surface area contributed by atoms with Crippen LogP contribution in [0.4, 0.5) is 0 Å². The second-order valence-corrected chi connectivity index (χ2v) is 3.82. The molecule has 0 saturated heterocycles. The number of ether oxygens (including phenoxy) is 2. The molecule has 15 heavy (non-hydrogen) atoms. The lowest BCUT2D eigenvalue weighted by molar-refractivity contribution is -0.124. The third-order valence-electron chi connectivity index (χ3n) is 2.67. The van der Waals surface area contributed by atoms with Crippen LogP contribution >= 0.6 is 0 Å². The van der Waals surface area contributed by atoms with Crippen molar-refractivity contribution in [3.8, 4) is 0 Å². The van der Waals surface area contributed by atoms with E-state index in [2.05, 4.69) is 32.9 Å². The first-order chi connectivity index (χ1) is 7.10. The molecule has 0 spiro atoms. The van der Waals surface area contributed by atoms with Gasteiger partial charge in [0.15, 0.2) is 6.29 Å². The summed E-state index contributed by atoms with van der Waals surface area (Å²) in [6.07, 6.45) is -0.241. The second-order valence-electron chi connectivity index (χ2n) is 3.82. The van der Waals surface area contributed by atoms with Crippen molar-refractivity contribution >= 4 is 0 Å². The Labute approximate surface area is 92.2 Å². The van der Waals surface area contributed by atoms with Gasteiger partial charge in [-0.3, -0.25) is 0 Å². The maximum absolute atomic E-state index is 5.53. The molecule has 0 aliphatic carbocycles. The lowest BCUT2D eigenvalue weighted by Crippen LogP contribution is -2.08. The number of rotatable bonds is 4. The van der Waals surface area contributed by atoms with Crippen molar-refractivity contribution in [3.63, 3.8) is 0 Å². The smallest absolute Gasteiger partial charge is 0.183 e. The minimum absolute atomic E-state index is 0.241. The minimum Gasteiger partial charge on any atom is -0.352 e. The van der Waals surface area contributed by atoms with Crippen molar-refractivity contribution in [1.29, 1.82) is 0 Å². The Morgan fingerprint density at radius 2 is 1.67 bits per heavy atom. The molecule has 1 aromatic carbocycles. The fraction of sp³-hybridized carbons (Fsp3) is 0.538. The minimum atomic E-state index is -0.241. The summed E-state index contributed by atoms with van der Waals surface area (Å²) in [5, 5.41) is 0. The Kier molecular flexibility index (Phi) is 4.30. The first kappa shape index (κ1) is 12.2. The maximum atomic E-state index is 5.53. The van der Waals surface area contributed by atoms with Crippen LogP contribution in [-0.4, -0.2) is 13.7 Å². The third-order valence-corrected chi connectivity index (χ3v) is 2.67. The molecule has 0 amide bonds. The Morgan fingerprint density at radius 1 is 1.07 bits per heavy atom. The molecule has 0 saturated carbocycles. The summed E-state index contributed by atoms with van der Waals surface area (Å²) in [5.41, 5.74) is 4.93. The lowest BCUT2D eigenvalue weighted by atomic mass is 10.0. The standard InChI is InChI=1S/C13H20O2/c1-6-15-13(14-5)12-8-10(3)9(2)7-11(12)4/h7-8,13H,6H2,1-5H3. The van der Waals surface area contributed by atoms with E-state index in [0.717, 1.165) is 5.56 Å². The van der Waals surface area contributed by atoms with E-state index in [1.54, 1.807) is 7.11 Å². The van der Waals surface area contributed by atoms with Gasteiger partial charge in [-0.15, -0.1) is 0 Å². The SMILES string of the molecule is CCOC(OC)c1cc(C)c(C)cc1C. The Morgan fingerprint density at radius 3 is 2.20 bits per heavy atom. The van der Waals surface area contributed by atoms with E-state index in [4.69, 9.17) is 9.47 Å². The predicted molar refractivity (Wildman–Crippen MR) is 62.0 cm³/mol. The molecular formula is C13H20O2. The molecule has 1 aromatic rings. The molecule has 0 aromatic heterocycles. The third kappa shape index (κ3) is 2.80. The topological polar surface area (TPSA) is 18.5 Å². The van der Waals surface area contributed by atoms with E-state index in [1.165, 1.54) is 16.7 Å². The van der Waals surface area contributed by atoms with Crippen LogP contribution in [-0.2, 0) is 9.47 Å². The van der Waals surface area contributed by atoms with Crippen LogP contribution in [0.1, 0.15) is 35.5 Å². The number of methoxy groups -OCH3 is 1. The van der Waals surface area contributed by atoms with Gasteiger partial charge >= 0.3 is 0 Å². The van der Waals surface area contributed by atoms with Gasteiger partial charge in [-0.25, -0.2) is 0 Å². The highest BCUT2D eigenvalue weighted by Gasteiger charge is 2.13. The summed E-state index contributed by atoms with van der Waals surface area (Å²) in [4.78, 5) is 0. The van der Waals surface area contributed by atoms with Crippen molar-refractivity contribution in [2.45, 2.75) is 34.0 Å². The maximum Gasteiger partial charge on any atom is 0.183 e. The van der Waals surface area contributed by atoms with E-state index in [9.17, 15) is 0 Å². The van der Waals surface area contributed by atoms with E-state index >= 15 is 0 Å². The molecule has 0 N–H and O–H groups in total. The van der Waals surface area contributed by atoms with Gasteiger partial charge in [-0.1, -0.05) is 12.1 Å². The van der Waals surface area contributed by atoms with Crippen LogP contribution in [0.3, 0.4) is 0 Å². The van der Waals surface area contributed by atoms with Crippen molar-refractivity contribution < 1.29 is 9.47 Å². The van der Waals surface area contributed by atoms with Gasteiger partial charge in [0, 0.05) is 19.3 Å². The van der Waals surface area contributed by atoms with Gasteiger partial charge in [-0.05, 0) is 44.4 Å². The molecule has 1 rings (SSSR count). The van der Waals surface area contributed by atoms with E-state index in [1.807, 2.05) is 6.92 Å². The second kappa shape index (κ2) is 5.29. The van der Waals surface area contributed by atoms with Crippen molar-refractivity contribution in [1.82, 2.24) is 0 Å². The normalized spacial score (nSPS) is 12.9. The van der Waals surface area contributed by atoms with Crippen molar-refractivity contribution in [3.05, 3.63) is 34.4 Å². The fourth-order valence-electron chi connectivity index (χ4n) is 1.67. The zero-order valence-electron chi connectivity index (χ0n) is 10.3. The van der Waals surface area contributed by atoms with Gasteiger partial charge in [0.05, 0.1) is 0 Å². The van der Waals surface area contributed by atoms with E-state index < -0.39 is 0 Å². The largest absolute Gasteiger partial charge is 0.352 e. The number of benzene rings is 1. The predicted octanol–water partition coefficient (Wildman–Crippen LogP) is 3.29. The van der Waals surface area contributed by atoms with E-state index in [0.29, 0.717) is 6.61 Å². The van der Waals surface area contributed by atoms with Crippen LogP contribution in [0.25, 0.3) is 0 Å². The van der Waals surface area contributed by atoms with Crippen molar-refractivity contribution in [2.24, 2.45) is 0 Å². The molecule has 0 bridgehead atoms. The van der Waals surface area contributed by atoms with Gasteiger partial charge in [-0.2, -0.15) is 0 Å². The van der Waals surface area contributed by atoms with Crippen LogP contribution in [0.2, 0.25) is 0 Å². The molecule has 0 heterocycles. The monoisotopic (exact) mass is 208 g/mol. The molecule has 2 nitrogen and oxygen atoms in total. The summed E-state index contributed by atoms with van der Waals surface area (Å²) >= 11 is 0. The fourth-order valence-corrected chi connectivity index (χ4v) is 1.67. The zero-order valence-corrected chi connectivity index (χ0v) is 10.3. The summed E-state index contributed by atoms with van der Waals surface area (Å²) in [6, 6.07) is 4.32. The van der Waals surface area contributed by atoms with Crippen LogP contribution in [0.15, 0.2) is 12.1 Å². The van der Waals surface area contributed by atoms with Gasteiger partial charge in [0.1, 0.15) is 0 Å². The van der Waals surface area contributed by atoms with Gasteiger partial charge in [0.2, 0.25) is 0 Å². The molecule has 1 atom stereocenters. The molecule has 84 valence electrons. The van der Waals surface area contributed by atoms with Crippen LogP contribution in [0.5, 0.6) is 0 Å². The Bertz CT molecular complexity index is 332. The molecule has 0 aliphatic rings. The molecule has 0 fully saturated rings. The van der Waals surface area contributed by atoms with Crippen LogP contribution < -0.4 is 0 Å². The molecule has 0 aliphatic heterocycles. The van der Waals surface area contributed by atoms with Crippen LogP contribution in [0, 0.1) is 20.8 Å². The number of hydrogen-bond acceptors (Lipinski definition) is 2. The number of aryl methyl sites for hydroxylation is 3. The van der Waals surface area contributed by atoms with Gasteiger partial charge in [0.25, 0.3) is 0 Å². The zero-order chi connectivity index (χ0) is 11.4. The number of hydrogen-bond donors (Lipinski definition) is 0. The lowest BCUT2D eigenvalue weighted by Gasteiger charge is -2.19. The average molecular weight is 208 g/mol. The summed E-state index contributed by atoms with van der Waals surface area (Å²) in [5.74, 6) is 0. The first-order valence-electron chi connectivity index (χ1n) is 5.32. The molecule has 0 radical (unpaired) electrons.